The number of fused-ring (bicyclic) bond motifs is 5. The van der Waals surface area contributed by atoms with Crippen molar-refractivity contribution in [2.24, 2.45) is 0 Å². The van der Waals surface area contributed by atoms with Gasteiger partial charge in [-0.3, -0.25) is 9.38 Å². The summed E-state index contributed by atoms with van der Waals surface area (Å²) < 4.78 is 29.8. The van der Waals surface area contributed by atoms with Gasteiger partial charge in [-0.25, -0.2) is 22.4 Å². The van der Waals surface area contributed by atoms with Gasteiger partial charge in [-0.15, -0.1) is 0 Å². The van der Waals surface area contributed by atoms with E-state index in [9.17, 15) is 8.42 Å². The Morgan fingerprint density at radius 1 is 1.04 bits per heavy atom. The van der Waals surface area contributed by atoms with Gasteiger partial charge in [0.2, 0.25) is 0 Å². The fourth-order valence-electron chi connectivity index (χ4n) is 3.10. The first-order chi connectivity index (χ1) is 12.6. The second-order valence-corrected chi connectivity index (χ2v) is 7.94. The van der Waals surface area contributed by atoms with Crippen molar-refractivity contribution in [3.8, 4) is 0 Å². The zero-order valence-electron chi connectivity index (χ0n) is 13.1. The highest BCUT2D eigenvalue weighted by molar-refractivity contribution is 7.90. The summed E-state index contributed by atoms with van der Waals surface area (Å²) in [5, 5.41) is 0.997. The minimum absolute atomic E-state index is 0.0967. The first kappa shape index (κ1) is 15.3. The van der Waals surface area contributed by atoms with Crippen LogP contribution >= 0.6 is 11.6 Å². The van der Waals surface area contributed by atoms with Gasteiger partial charge in [0.1, 0.15) is 17.5 Å². The lowest BCUT2D eigenvalue weighted by atomic mass is 10.3. The summed E-state index contributed by atoms with van der Waals surface area (Å²) in [4.78, 5) is 12.9. The lowest BCUT2D eigenvalue weighted by Gasteiger charge is -2.09. The summed E-state index contributed by atoms with van der Waals surface area (Å²) in [5.41, 5.74) is 2.06. The minimum atomic E-state index is -3.92. The highest BCUT2D eigenvalue weighted by atomic mass is 35.5. The topological polar surface area (TPSA) is 82.1 Å². The normalized spacial score (nSPS) is 12.3. The van der Waals surface area contributed by atoms with E-state index in [-0.39, 0.29) is 4.90 Å². The molecule has 0 N–H and O–H groups in total. The van der Waals surface area contributed by atoms with Crippen LogP contribution in [0.5, 0.6) is 0 Å². The average molecular weight is 384 g/mol. The zero-order chi connectivity index (χ0) is 17.9. The van der Waals surface area contributed by atoms with Crippen LogP contribution in [0.1, 0.15) is 0 Å². The Balaban J connectivity index is 2.00. The van der Waals surface area contributed by atoms with Crippen molar-refractivity contribution in [2.75, 3.05) is 0 Å². The average Bonchev–Trinajstić information content (AvgIpc) is 3.16. The van der Waals surface area contributed by atoms with Gasteiger partial charge in [0.25, 0.3) is 10.0 Å². The molecule has 5 rings (SSSR count). The third-order valence-electron chi connectivity index (χ3n) is 4.20. The molecule has 26 heavy (non-hydrogen) atoms. The van der Waals surface area contributed by atoms with Gasteiger partial charge in [-0.2, -0.15) is 0 Å². The Morgan fingerprint density at radius 3 is 2.73 bits per heavy atom. The number of imidazole rings is 1. The van der Waals surface area contributed by atoms with Gasteiger partial charge >= 0.3 is 0 Å². The van der Waals surface area contributed by atoms with Gasteiger partial charge in [0.15, 0.2) is 5.65 Å². The maximum Gasteiger partial charge on any atom is 0.269 e. The largest absolute Gasteiger partial charge is 0.269 e. The number of pyridine rings is 1. The Kier molecular flexibility index (Phi) is 3.10. The van der Waals surface area contributed by atoms with Crippen LogP contribution in [0.25, 0.3) is 27.7 Å². The van der Waals surface area contributed by atoms with Crippen molar-refractivity contribution in [1.82, 2.24) is 23.3 Å². The zero-order valence-corrected chi connectivity index (χ0v) is 14.7. The monoisotopic (exact) mass is 383 g/mol. The number of benzene rings is 1. The second kappa shape index (κ2) is 5.26. The van der Waals surface area contributed by atoms with Crippen LogP contribution in [0.15, 0.2) is 66.2 Å². The van der Waals surface area contributed by atoms with E-state index in [0.717, 1.165) is 0 Å². The molecule has 0 spiro atoms. The van der Waals surface area contributed by atoms with Crippen molar-refractivity contribution in [3.05, 3.63) is 66.3 Å². The van der Waals surface area contributed by atoms with Gasteiger partial charge in [0, 0.05) is 29.0 Å². The molecular weight excluding hydrogens is 374 g/mol. The molecule has 0 aliphatic heterocycles. The molecule has 128 valence electrons. The molecule has 4 aromatic heterocycles. The van der Waals surface area contributed by atoms with Crippen molar-refractivity contribution in [2.45, 2.75) is 4.90 Å². The Hall–Kier alpha value is -2.97. The van der Waals surface area contributed by atoms with E-state index in [1.54, 1.807) is 53.6 Å². The highest BCUT2D eigenvalue weighted by Crippen LogP contribution is 2.32. The Labute approximate surface area is 152 Å². The fraction of sp³-hybridized carbons (Fsp3) is 0. The molecule has 0 radical (unpaired) electrons. The third kappa shape index (κ3) is 2.00. The van der Waals surface area contributed by atoms with E-state index in [1.165, 1.54) is 16.1 Å². The number of rotatable bonds is 2. The molecule has 5 aromatic rings. The van der Waals surface area contributed by atoms with E-state index in [1.807, 2.05) is 0 Å². The van der Waals surface area contributed by atoms with Gasteiger partial charge < -0.3 is 0 Å². The summed E-state index contributed by atoms with van der Waals surface area (Å²) in [6.45, 7) is 0. The van der Waals surface area contributed by atoms with Crippen LogP contribution in [0.3, 0.4) is 0 Å². The van der Waals surface area contributed by atoms with Crippen LogP contribution in [0.2, 0.25) is 5.02 Å². The molecule has 0 amide bonds. The van der Waals surface area contributed by atoms with Crippen LogP contribution < -0.4 is 0 Å². The number of nitrogens with zero attached hydrogens (tertiary/aromatic N) is 5. The summed E-state index contributed by atoms with van der Waals surface area (Å²) in [6, 6.07) is 9.56. The standard InChI is InChI=1S/C17H10ClN5O2S/c18-11-2-1-3-12(8-11)26(24,25)23-14-4-6-19-9-13(14)16-17(23)22-10-20-7-5-15(22)21-16/h1-10H. The third-order valence-corrected chi connectivity index (χ3v) is 6.14. The van der Waals surface area contributed by atoms with Gasteiger partial charge in [-0.1, -0.05) is 17.7 Å². The summed E-state index contributed by atoms with van der Waals surface area (Å²) in [7, 11) is -3.92. The van der Waals surface area contributed by atoms with Crippen molar-refractivity contribution >= 4 is 49.3 Å². The molecule has 0 atom stereocenters. The van der Waals surface area contributed by atoms with E-state index in [2.05, 4.69) is 15.0 Å². The predicted molar refractivity (Wildman–Crippen MR) is 97.8 cm³/mol. The van der Waals surface area contributed by atoms with Crippen LogP contribution in [0, 0.1) is 0 Å². The minimum Gasteiger partial charge on any atom is -0.267 e. The van der Waals surface area contributed by atoms with Gasteiger partial charge in [-0.05, 0) is 30.3 Å². The van der Waals surface area contributed by atoms with Crippen molar-refractivity contribution in [1.29, 1.82) is 0 Å². The molecule has 0 unspecified atom stereocenters. The smallest absolute Gasteiger partial charge is 0.267 e. The fourth-order valence-corrected chi connectivity index (χ4v) is 4.91. The summed E-state index contributed by atoms with van der Waals surface area (Å²) >= 11 is 6.01. The molecule has 0 fully saturated rings. The first-order valence-corrected chi connectivity index (χ1v) is 9.46. The Bertz CT molecular complexity index is 1420. The van der Waals surface area contributed by atoms with Crippen LogP contribution in [-0.2, 0) is 10.0 Å². The number of halogens is 1. The number of hydrogen-bond acceptors (Lipinski definition) is 5. The summed E-state index contributed by atoms with van der Waals surface area (Å²) in [6.07, 6.45) is 6.32. The molecule has 9 heteroatoms. The maximum atomic E-state index is 13.4. The van der Waals surface area contributed by atoms with E-state index in [0.29, 0.717) is 32.7 Å². The van der Waals surface area contributed by atoms with Crippen molar-refractivity contribution in [3.63, 3.8) is 0 Å². The lowest BCUT2D eigenvalue weighted by molar-refractivity contribution is 0.590. The number of aromatic nitrogens is 5. The molecule has 0 bridgehead atoms. The first-order valence-electron chi connectivity index (χ1n) is 7.65. The number of hydrogen-bond donors (Lipinski definition) is 0. The lowest BCUT2D eigenvalue weighted by Crippen LogP contribution is -2.14. The molecule has 4 heterocycles. The highest BCUT2D eigenvalue weighted by Gasteiger charge is 2.26. The maximum absolute atomic E-state index is 13.4. The molecule has 1 aromatic carbocycles. The molecule has 0 saturated heterocycles. The SMILES string of the molecule is O=S(=O)(c1cccc(Cl)c1)n1c2ccncc2c2nc3ccncn3c21. The Morgan fingerprint density at radius 2 is 1.88 bits per heavy atom. The van der Waals surface area contributed by atoms with Crippen LogP contribution in [-0.4, -0.2) is 31.7 Å². The van der Waals surface area contributed by atoms with E-state index in [4.69, 9.17) is 11.6 Å². The van der Waals surface area contributed by atoms with E-state index >= 15 is 0 Å². The molecular formula is C17H10ClN5O2S. The van der Waals surface area contributed by atoms with Crippen LogP contribution in [0.4, 0.5) is 0 Å². The summed E-state index contributed by atoms with van der Waals surface area (Å²) in [5.74, 6) is 0. The molecule has 7 nitrogen and oxygen atoms in total. The molecule has 0 aliphatic rings. The van der Waals surface area contributed by atoms with E-state index < -0.39 is 10.0 Å². The molecule has 0 aliphatic carbocycles. The molecule has 0 saturated carbocycles. The van der Waals surface area contributed by atoms with Gasteiger partial charge in [0.05, 0.1) is 10.4 Å². The predicted octanol–water partition coefficient (Wildman–Crippen LogP) is 3.12. The second-order valence-electron chi connectivity index (χ2n) is 5.71. The van der Waals surface area contributed by atoms with Crippen molar-refractivity contribution < 1.29 is 8.42 Å². The quantitative estimate of drug-likeness (QED) is 0.467.